The second-order valence-corrected chi connectivity index (χ2v) is 14.8. The highest BCUT2D eigenvalue weighted by Crippen LogP contribution is 2.14. The molecule has 1 aliphatic rings. The minimum atomic E-state index is -0.305. The van der Waals surface area contributed by atoms with Gasteiger partial charge in [-0.25, -0.2) is 0 Å². The van der Waals surface area contributed by atoms with E-state index in [1.807, 2.05) is 0 Å². The van der Waals surface area contributed by atoms with Crippen LogP contribution in [0.4, 0.5) is 0 Å². The molecule has 2 amide bonds. The van der Waals surface area contributed by atoms with Gasteiger partial charge in [-0.2, -0.15) is 0 Å². The van der Waals surface area contributed by atoms with E-state index in [9.17, 15) is 9.59 Å². The Bertz CT molecular complexity index is 928. The number of carbonyl (C=O) groups is 2. The van der Waals surface area contributed by atoms with Crippen molar-refractivity contribution < 1.29 is 66.4 Å². The van der Waals surface area contributed by atoms with E-state index in [2.05, 4.69) is 6.92 Å². The summed E-state index contributed by atoms with van der Waals surface area (Å²) >= 11 is 0. The van der Waals surface area contributed by atoms with Crippen LogP contribution in [0.3, 0.4) is 0 Å². The SMILES string of the molecule is CCCCCCCCCCCCCCCCCCOCCOCCOCCOCCOCCOCCOCCOCCOCCOCCOCCOCCN1C(=O)C=CC1=O. The summed E-state index contributed by atoms with van der Waals surface area (Å²) < 4.78 is 66.1. The molecule has 15 heteroatoms. The minimum absolute atomic E-state index is 0.240. The molecule has 0 aromatic heterocycles. The molecule has 0 aromatic carbocycles. The van der Waals surface area contributed by atoms with Gasteiger partial charge in [0, 0.05) is 18.8 Å². The molecule has 0 aliphatic carbocycles. The number of unbranched alkanes of at least 4 members (excludes halogenated alkanes) is 15. The molecule has 0 fully saturated rings. The Hall–Kier alpha value is -1.60. The topological polar surface area (TPSA) is 148 Å². The molecule has 0 bridgehead atoms. The van der Waals surface area contributed by atoms with Crippen LogP contribution < -0.4 is 0 Å². The molecule has 61 heavy (non-hydrogen) atoms. The van der Waals surface area contributed by atoms with Crippen molar-refractivity contribution in [1.29, 1.82) is 0 Å². The van der Waals surface area contributed by atoms with Crippen molar-refractivity contribution in [2.75, 3.05) is 165 Å². The highest BCUT2D eigenvalue weighted by Gasteiger charge is 2.22. The molecule has 0 atom stereocenters. The third-order valence-corrected chi connectivity index (χ3v) is 9.59. The number of ether oxygens (including phenoxy) is 12. The van der Waals surface area contributed by atoms with Gasteiger partial charge in [0.1, 0.15) is 0 Å². The summed E-state index contributed by atoms with van der Waals surface area (Å²) in [6, 6.07) is 0. The van der Waals surface area contributed by atoms with E-state index in [0.29, 0.717) is 145 Å². The third kappa shape index (κ3) is 43.4. The second-order valence-electron chi connectivity index (χ2n) is 14.8. The van der Waals surface area contributed by atoms with Gasteiger partial charge in [0.05, 0.1) is 159 Å². The van der Waals surface area contributed by atoms with Crippen LogP contribution in [0.25, 0.3) is 0 Å². The first-order chi connectivity index (χ1) is 30.3. The van der Waals surface area contributed by atoms with E-state index >= 15 is 0 Å². The van der Waals surface area contributed by atoms with E-state index in [1.54, 1.807) is 0 Å². The van der Waals surface area contributed by atoms with Crippen LogP contribution in [-0.4, -0.2) is 182 Å². The van der Waals surface area contributed by atoms with Crippen molar-refractivity contribution in [1.82, 2.24) is 4.90 Å². The molecule has 1 rings (SSSR count). The Morgan fingerprint density at radius 2 is 0.475 bits per heavy atom. The first-order valence-corrected chi connectivity index (χ1v) is 23.7. The third-order valence-electron chi connectivity index (χ3n) is 9.59. The van der Waals surface area contributed by atoms with Crippen LogP contribution in [-0.2, 0) is 66.4 Å². The quantitative estimate of drug-likeness (QED) is 0.0492. The summed E-state index contributed by atoms with van der Waals surface area (Å²) in [7, 11) is 0. The van der Waals surface area contributed by atoms with E-state index in [1.165, 1.54) is 108 Å². The number of hydrogen-bond acceptors (Lipinski definition) is 14. The molecular weight excluding hydrogens is 790 g/mol. The van der Waals surface area contributed by atoms with Gasteiger partial charge in [-0.15, -0.1) is 0 Å². The molecule has 0 saturated heterocycles. The molecule has 0 saturated carbocycles. The highest BCUT2D eigenvalue weighted by atomic mass is 16.6. The summed E-state index contributed by atoms with van der Waals surface area (Å²) in [6.07, 6.45) is 24.6. The molecule has 0 aromatic rings. The standard InChI is InChI=1S/C46H87NO14/c1-2-3-4-5-6-7-8-9-10-11-12-13-14-15-16-17-21-50-23-25-52-27-29-54-31-33-56-35-37-58-39-41-60-43-44-61-42-40-59-38-36-57-34-32-55-30-28-53-26-24-51-22-20-47-45(48)18-19-46(47)49/h18-19H,2-17,20-44H2,1H3. The number of imide groups is 1. The van der Waals surface area contributed by atoms with E-state index in [4.69, 9.17) is 56.8 Å². The average molecular weight is 878 g/mol. The maximum absolute atomic E-state index is 11.4. The van der Waals surface area contributed by atoms with Crippen molar-refractivity contribution in [2.24, 2.45) is 0 Å². The molecule has 0 unspecified atom stereocenters. The van der Waals surface area contributed by atoms with Crippen molar-refractivity contribution in [3.63, 3.8) is 0 Å². The lowest BCUT2D eigenvalue weighted by Crippen LogP contribution is -2.33. The van der Waals surface area contributed by atoms with Gasteiger partial charge in [-0.1, -0.05) is 103 Å². The fraction of sp³-hybridized carbons (Fsp3) is 0.913. The summed E-state index contributed by atoms with van der Waals surface area (Å²) in [4.78, 5) is 24.0. The first kappa shape index (κ1) is 57.4. The molecule has 360 valence electrons. The van der Waals surface area contributed by atoms with Crippen LogP contribution in [0.5, 0.6) is 0 Å². The van der Waals surface area contributed by atoms with Crippen molar-refractivity contribution in [3.05, 3.63) is 12.2 Å². The molecule has 0 radical (unpaired) electrons. The summed E-state index contributed by atoms with van der Waals surface area (Å²) in [5, 5.41) is 0. The minimum Gasteiger partial charge on any atom is -0.379 e. The lowest BCUT2D eigenvalue weighted by molar-refractivity contribution is -0.137. The van der Waals surface area contributed by atoms with Gasteiger partial charge >= 0.3 is 0 Å². The number of hydrogen-bond donors (Lipinski definition) is 0. The first-order valence-electron chi connectivity index (χ1n) is 23.7. The number of rotatable bonds is 53. The number of nitrogens with zero attached hydrogens (tertiary/aromatic N) is 1. The molecule has 1 heterocycles. The van der Waals surface area contributed by atoms with Crippen molar-refractivity contribution in [2.45, 2.75) is 110 Å². The summed E-state index contributed by atoms with van der Waals surface area (Å²) in [5.41, 5.74) is 0. The fourth-order valence-corrected chi connectivity index (χ4v) is 6.08. The number of amides is 2. The lowest BCUT2D eigenvalue weighted by atomic mass is 10.0. The Kier molecular flexibility index (Phi) is 46.5. The van der Waals surface area contributed by atoms with Crippen LogP contribution in [0, 0.1) is 0 Å². The summed E-state index contributed by atoms with van der Waals surface area (Å²) in [6.45, 7) is 14.7. The average Bonchev–Trinajstić information content (AvgIpc) is 3.59. The van der Waals surface area contributed by atoms with E-state index in [-0.39, 0.29) is 25.0 Å². The molecule has 15 nitrogen and oxygen atoms in total. The molecule has 0 N–H and O–H groups in total. The van der Waals surface area contributed by atoms with E-state index in [0.717, 1.165) is 17.9 Å². The predicted molar refractivity (Wildman–Crippen MR) is 235 cm³/mol. The van der Waals surface area contributed by atoms with Gasteiger partial charge in [-0.05, 0) is 6.42 Å². The van der Waals surface area contributed by atoms with Crippen molar-refractivity contribution >= 4 is 11.8 Å². The van der Waals surface area contributed by atoms with Crippen molar-refractivity contribution in [3.8, 4) is 0 Å². The van der Waals surface area contributed by atoms with Crippen LogP contribution in [0.15, 0.2) is 12.2 Å². The summed E-state index contributed by atoms with van der Waals surface area (Å²) in [5.74, 6) is -0.610. The number of carbonyl (C=O) groups excluding carboxylic acids is 2. The smallest absolute Gasteiger partial charge is 0.253 e. The Morgan fingerprint density at radius 1 is 0.279 bits per heavy atom. The van der Waals surface area contributed by atoms with E-state index < -0.39 is 0 Å². The maximum Gasteiger partial charge on any atom is 0.253 e. The zero-order chi connectivity index (χ0) is 43.6. The van der Waals surface area contributed by atoms with Gasteiger partial charge in [0.15, 0.2) is 0 Å². The fourth-order valence-electron chi connectivity index (χ4n) is 6.08. The maximum atomic E-state index is 11.4. The van der Waals surface area contributed by atoms with Gasteiger partial charge in [-0.3, -0.25) is 14.5 Å². The second kappa shape index (κ2) is 49.4. The predicted octanol–water partition coefficient (Wildman–Crippen LogP) is 6.37. The molecular formula is C46H87NO14. The lowest BCUT2D eigenvalue weighted by Gasteiger charge is -2.13. The van der Waals surface area contributed by atoms with Gasteiger partial charge in [0.25, 0.3) is 11.8 Å². The zero-order valence-corrected chi connectivity index (χ0v) is 38.3. The Balaban J connectivity index is 1.60. The van der Waals surface area contributed by atoms with Gasteiger partial charge in [0.2, 0.25) is 0 Å². The Morgan fingerprint density at radius 3 is 0.721 bits per heavy atom. The zero-order valence-electron chi connectivity index (χ0n) is 38.3. The largest absolute Gasteiger partial charge is 0.379 e. The molecule has 1 aliphatic heterocycles. The highest BCUT2D eigenvalue weighted by molar-refractivity contribution is 6.12. The Labute approximate surface area is 369 Å². The van der Waals surface area contributed by atoms with Crippen LogP contribution >= 0.6 is 0 Å². The monoisotopic (exact) mass is 878 g/mol. The van der Waals surface area contributed by atoms with Crippen LogP contribution in [0.1, 0.15) is 110 Å². The molecule has 0 spiro atoms. The van der Waals surface area contributed by atoms with Crippen LogP contribution in [0.2, 0.25) is 0 Å². The normalized spacial score (nSPS) is 12.8. The van der Waals surface area contributed by atoms with Gasteiger partial charge < -0.3 is 56.8 Å².